The van der Waals surface area contributed by atoms with Gasteiger partial charge in [-0.25, -0.2) is 0 Å². The lowest BCUT2D eigenvalue weighted by Gasteiger charge is -2.34. The highest BCUT2D eigenvalue weighted by molar-refractivity contribution is 5.70. The summed E-state index contributed by atoms with van der Waals surface area (Å²) in [5.41, 5.74) is 0. The molecule has 0 spiro atoms. The van der Waals surface area contributed by atoms with Crippen LogP contribution in [0.15, 0.2) is 24.3 Å². The molecular formula is C53H99NO7. The number of unbranched alkanes of at least 4 members (excludes halogenated alkanes) is 29. The number of aliphatic carboxylic acids is 1. The maximum Gasteiger partial charge on any atom is 0.306 e. The van der Waals surface area contributed by atoms with Gasteiger partial charge in [-0.1, -0.05) is 186 Å². The molecule has 0 saturated carbocycles. The lowest BCUT2D eigenvalue weighted by Crippen LogP contribution is -2.55. The number of likely N-dealkylation sites (N-methyl/N-ethyl adjacent to an activating group) is 1. The molecule has 0 aromatic rings. The summed E-state index contributed by atoms with van der Waals surface area (Å²) in [7, 11) is 5.42. The fourth-order valence-corrected chi connectivity index (χ4v) is 7.77. The van der Waals surface area contributed by atoms with Gasteiger partial charge in [0, 0.05) is 19.3 Å². The molecule has 0 amide bonds. The maximum atomic E-state index is 12.8. The van der Waals surface area contributed by atoms with E-state index in [1.54, 1.807) is 21.1 Å². The third-order valence-electron chi connectivity index (χ3n) is 11.8. The van der Waals surface area contributed by atoms with Gasteiger partial charge in [0.2, 0.25) is 0 Å². The molecule has 0 bridgehead atoms. The Kier molecular flexibility index (Phi) is 42.8. The van der Waals surface area contributed by atoms with E-state index >= 15 is 0 Å². The quantitative estimate of drug-likeness (QED) is 0.0260. The number of rotatable bonds is 47. The van der Waals surface area contributed by atoms with Gasteiger partial charge in [0.05, 0.1) is 40.3 Å². The zero-order chi connectivity index (χ0) is 44.9. The zero-order valence-corrected chi connectivity index (χ0v) is 40.8. The number of carboxylic acid groups (broad SMARTS) is 1. The number of quaternary nitrogens is 1. The molecule has 0 N–H and O–H groups in total. The van der Waals surface area contributed by atoms with Crippen molar-refractivity contribution in [2.24, 2.45) is 0 Å². The molecule has 8 heteroatoms. The van der Waals surface area contributed by atoms with Gasteiger partial charge in [-0.3, -0.25) is 9.59 Å². The lowest BCUT2D eigenvalue weighted by molar-refractivity contribution is -0.889. The Hall–Kier alpha value is -2.19. The summed E-state index contributed by atoms with van der Waals surface area (Å²) in [6.45, 7) is 4.68. The van der Waals surface area contributed by atoms with E-state index in [2.05, 4.69) is 38.2 Å². The smallest absolute Gasteiger partial charge is 0.306 e. The molecule has 0 rings (SSSR count). The highest BCUT2D eigenvalue weighted by Gasteiger charge is 2.25. The first kappa shape index (κ1) is 58.8. The molecular weight excluding hydrogens is 763 g/mol. The summed E-state index contributed by atoms with van der Waals surface area (Å²) < 4.78 is 17.2. The van der Waals surface area contributed by atoms with E-state index in [1.165, 1.54) is 161 Å². The molecule has 61 heavy (non-hydrogen) atoms. The van der Waals surface area contributed by atoms with E-state index in [0.29, 0.717) is 12.8 Å². The zero-order valence-electron chi connectivity index (χ0n) is 40.8. The number of ether oxygens (including phenoxy) is 3. The Morgan fingerprint density at radius 3 is 1.18 bits per heavy atom. The standard InChI is InChI=1S/C53H99NO7/c1-6-8-10-12-14-16-18-20-22-24-25-26-27-28-30-32-34-36-38-40-42-44-52(56)61-49(47-59-46-45-50(53(57)58)54(3,4)5)48-60-51(55)43-41-39-37-35-33-31-29-23-21-19-17-15-13-11-9-7-2/h23,26-27,29,49-50H,6-22,24-25,28,30-48H2,1-5H3/b27-26+,29-23+. The summed E-state index contributed by atoms with van der Waals surface area (Å²) >= 11 is 0. The summed E-state index contributed by atoms with van der Waals surface area (Å²) in [6.07, 6.45) is 50.6. The molecule has 0 aliphatic rings. The molecule has 0 aliphatic heterocycles. The van der Waals surface area contributed by atoms with E-state index in [4.69, 9.17) is 14.2 Å². The van der Waals surface area contributed by atoms with Gasteiger partial charge in [0.15, 0.2) is 6.10 Å². The van der Waals surface area contributed by atoms with Crippen LogP contribution < -0.4 is 5.11 Å². The van der Waals surface area contributed by atoms with E-state index < -0.39 is 18.1 Å². The minimum atomic E-state index is -1.12. The Labute approximate surface area is 377 Å². The molecule has 0 radical (unpaired) electrons. The van der Waals surface area contributed by atoms with Gasteiger partial charge in [0.25, 0.3) is 0 Å². The summed E-state index contributed by atoms with van der Waals surface area (Å²) in [4.78, 5) is 37.0. The number of carboxylic acids is 1. The number of nitrogens with zero attached hydrogens (tertiary/aromatic N) is 1. The molecule has 2 unspecified atom stereocenters. The highest BCUT2D eigenvalue weighted by Crippen LogP contribution is 2.15. The van der Waals surface area contributed by atoms with Crippen LogP contribution >= 0.6 is 0 Å². The Morgan fingerprint density at radius 1 is 0.475 bits per heavy atom. The third-order valence-corrected chi connectivity index (χ3v) is 11.8. The molecule has 0 saturated heterocycles. The predicted octanol–water partition coefficient (Wildman–Crippen LogP) is 13.5. The largest absolute Gasteiger partial charge is 0.544 e. The van der Waals surface area contributed by atoms with E-state index in [1.807, 2.05) is 0 Å². The molecule has 0 aromatic heterocycles. The SMILES string of the molecule is CCCCCCCCC/C=C/CCCCCCCC(=O)OCC(COCCC(C(=O)[O-])[N+](C)(C)C)OC(=O)CCCCCCCCC/C=C/CCCCCCCCCCCC. The van der Waals surface area contributed by atoms with Crippen molar-refractivity contribution in [3.05, 3.63) is 24.3 Å². The van der Waals surface area contributed by atoms with Crippen molar-refractivity contribution >= 4 is 17.9 Å². The minimum Gasteiger partial charge on any atom is -0.544 e. The van der Waals surface area contributed by atoms with Gasteiger partial charge >= 0.3 is 11.9 Å². The average Bonchev–Trinajstić information content (AvgIpc) is 3.22. The second-order valence-corrected chi connectivity index (χ2v) is 18.8. The first-order valence-electron chi connectivity index (χ1n) is 25.9. The van der Waals surface area contributed by atoms with Crippen molar-refractivity contribution in [1.82, 2.24) is 0 Å². The van der Waals surface area contributed by atoms with Gasteiger partial charge in [0.1, 0.15) is 12.6 Å². The summed E-state index contributed by atoms with van der Waals surface area (Å²) in [5.74, 6) is -1.74. The van der Waals surface area contributed by atoms with Crippen molar-refractivity contribution in [3.8, 4) is 0 Å². The Morgan fingerprint density at radius 2 is 0.820 bits per heavy atom. The number of carbonyl (C=O) groups is 3. The first-order chi connectivity index (χ1) is 29.6. The summed E-state index contributed by atoms with van der Waals surface area (Å²) in [6, 6.07) is -0.726. The van der Waals surface area contributed by atoms with Crippen molar-refractivity contribution in [3.63, 3.8) is 0 Å². The second-order valence-electron chi connectivity index (χ2n) is 18.8. The predicted molar refractivity (Wildman–Crippen MR) is 254 cm³/mol. The molecule has 0 aromatic carbocycles. The molecule has 2 atom stereocenters. The van der Waals surface area contributed by atoms with Crippen LogP contribution in [-0.2, 0) is 28.6 Å². The van der Waals surface area contributed by atoms with Gasteiger partial charge in [-0.2, -0.15) is 0 Å². The highest BCUT2D eigenvalue weighted by atomic mass is 16.6. The van der Waals surface area contributed by atoms with E-state index in [-0.39, 0.29) is 42.7 Å². The van der Waals surface area contributed by atoms with Crippen molar-refractivity contribution in [2.45, 2.75) is 257 Å². The number of hydrogen-bond donors (Lipinski definition) is 0. The Bertz CT molecular complexity index is 1050. The van der Waals surface area contributed by atoms with Crippen LogP contribution in [0.2, 0.25) is 0 Å². The van der Waals surface area contributed by atoms with Crippen LogP contribution in [-0.4, -0.2) is 75.5 Å². The molecule has 8 nitrogen and oxygen atoms in total. The fourth-order valence-electron chi connectivity index (χ4n) is 7.77. The summed E-state index contributed by atoms with van der Waals surface area (Å²) in [5, 5.41) is 11.7. The number of allylic oxidation sites excluding steroid dienone is 4. The van der Waals surface area contributed by atoms with Crippen molar-refractivity contribution in [2.75, 3.05) is 41.0 Å². The lowest BCUT2D eigenvalue weighted by atomic mass is 10.1. The van der Waals surface area contributed by atoms with Gasteiger partial charge < -0.3 is 28.6 Å². The van der Waals surface area contributed by atoms with E-state index in [9.17, 15) is 19.5 Å². The van der Waals surface area contributed by atoms with E-state index in [0.717, 1.165) is 51.4 Å². The maximum absolute atomic E-state index is 12.8. The van der Waals surface area contributed by atoms with Crippen LogP contribution in [0, 0.1) is 0 Å². The van der Waals surface area contributed by atoms with Crippen LogP contribution in [0.3, 0.4) is 0 Å². The van der Waals surface area contributed by atoms with Crippen molar-refractivity contribution < 1.29 is 38.2 Å². The van der Waals surface area contributed by atoms with Crippen LogP contribution in [0.1, 0.15) is 245 Å². The topological polar surface area (TPSA) is 102 Å². The molecule has 358 valence electrons. The van der Waals surface area contributed by atoms with Crippen molar-refractivity contribution in [1.29, 1.82) is 0 Å². The third kappa shape index (κ3) is 42.9. The number of hydrogen-bond acceptors (Lipinski definition) is 7. The van der Waals surface area contributed by atoms with Crippen LogP contribution in [0.5, 0.6) is 0 Å². The number of carbonyl (C=O) groups excluding carboxylic acids is 3. The van der Waals surface area contributed by atoms with Crippen LogP contribution in [0.4, 0.5) is 0 Å². The van der Waals surface area contributed by atoms with Gasteiger partial charge in [-0.05, 0) is 64.2 Å². The normalized spacial score (nSPS) is 13.0. The monoisotopic (exact) mass is 862 g/mol. The molecule has 0 aliphatic carbocycles. The first-order valence-corrected chi connectivity index (χ1v) is 25.9. The number of esters is 2. The molecule has 0 heterocycles. The fraction of sp³-hybridized carbons (Fsp3) is 0.868. The minimum absolute atomic E-state index is 0.0396. The average molecular weight is 862 g/mol. The molecule has 0 fully saturated rings. The second kappa shape index (κ2) is 44.4. The Balaban J connectivity index is 4.24. The van der Waals surface area contributed by atoms with Gasteiger partial charge in [-0.15, -0.1) is 0 Å². The van der Waals surface area contributed by atoms with Crippen LogP contribution in [0.25, 0.3) is 0 Å².